The third-order valence-corrected chi connectivity index (χ3v) is 4.84. The second kappa shape index (κ2) is 9.27. The van der Waals surface area contributed by atoms with Gasteiger partial charge >= 0.3 is 0 Å². The molecule has 11 heteroatoms. The molecule has 2 atom stereocenters. The zero-order chi connectivity index (χ0) is 21.0. The van der Waals surface area contributed by atoms with E-state index in [-0.39, 0.29) is 35.8 Å². The number of hydrogen-bond acceptors (Lipinski definition) is 5. The van der Waals surface area contributed by atoms with Crippen LogP contribution in [0.15, 0.2) is 24.4 Å². The molecule has 0 radical (unpaired) electrons. The van der Waals surface area contributed by atoms with Gasteiger partial charge < -0.3 is 15.0 Å². The standard InChI is InChI=1S/C18H20ClF2N5O3/c1-29-5-4-22-17(27)16-10-25(24-23-16)9-13-7-12(20)8-26(13)18(28)11-2-3-15(21)14(19)6-11/h2-3,6,10,12-13H,4-5,7-9H2,1H3,(H,22,27)/t12-,13-/m0/s1. The van der Waals surface area contributed by atoms with Crippen LogP contribution in [-0.4, -0.2) is 70.7 Å². The Morgan fingerprint density at radius 3 is 2.93 bits per heavy atom. The molecule has 2 amide bonds. The van der Waals surface area contributed by atoms with Gasteiger partial charge in [-0.15, -0.1) is 5.10 Å². The molecule has 0 saturated carbocycles. The summed E-state index contributed by atoms with van der Waals surface area (Å²) in [6, 6.07) is 3.14. The Balaban J connectivity index is 1.68. The Morgan fingerprint density at radius 1 is 1.41 bits per heavy atom. The van der Waals surface area contributed by atoms with E-state index in [1.165, 1.54) is 35.0 Å². The molecule has 1 saturated heterocycles. The van der Waals surface area contributed by atoms with E-state index in [1.807, 2.05) is 0 Å². The van der Waals surface area contributed by atoms with Crippen LogP contribution in [0.1, 0.15) is 27.3 Å². The van der Waals surface area contributed by atoms with Gasteiger partial charge in [-0.25, -0.2) is 13.5 Å². The number of methoxy groups -OCH3 is 1. The lowest BCUT2D eigenvalue weighted by Crippen LogP contribution is -2.38. The van der Waals surface area contributed by atoms with Crippen molar-refractivity contribution in [2.75, 3.05) is 26.8 Å². The first-order valence-corrected chi connectivity index (χ1v) is 9.34. The summed E-state index contributed by atoms with van der Waals surface area (Å²) in [4.78, 5) is 26.1. The van der Waals surface area contributed by atoms with Gasteiger partial charge in [0.1, 0.15) is 12.0 Å². The lowest BCUT2D eigenvalue weighted by molar-refractivity contribution is 0.0714. The van der Waals surface area contributed by atoms with Crippen LogP contribution in [0.2, 0.25) is 5.02 Å². The average molecular weight is 428 g/mol. The van der Waals surface area contributed by atoms with Crippen molar-refractivity contribution in [1.82, 2.24) is 25.2 Å². The molecular weight excluding hydrogens is 408 g/mol. The minimum absolute atomic E-state index is 0.0858. The second-order valence-corrected chi connectivity index (χ2v) is 7.05. The van der Waals surface area contributed by atoms with E-state index in [0.717, 1.165) is 6.07 Å². The van der Waals surface area contributed by atoms with Gasteiger partial charge in [0.2, 0.25) is 0 Å². The predicted molar refractivity (Wildman–Crippen MR) is 100.0 cm³/mol. The highest BCUT2D eigenvalue weighted by Gasteiger charge is 2.36. The first-order valence-electron chi connectivity index (χ1n) is 8.96. The Bertz CT molecular complexity index is 894. The lowest BCUT2D eigenvalue weighted by Gasteiger charge is -2.24. The van der Waals surface area contributed by atoms with Crippen LogP contribution in [0.3, 0.4) is 0 Å². The molecule has 1 aromatic heterocycles. The highest BCUT2D eigenvalue weighted by molar-refractivity contribution is 6.31. The lowest BCUT2D eigenvalue weighted by atomic mass is 10.1. The number of amides is 2. The third-order valence-electron chi connectivity index (χ3n) is 4.55. The monoisotopic (exact) mass is 427 g/mol. The molecule has 0 spiro atoms. The minimum Gasteiger partial charge on any atom is -0.383 e. The fourth-order valence-electron chi connectivity index (χ4n) is 3.14. The van der Waals surface area contributed by atoms with Gasteiger partial charge in [-0.1, -0.05) is 16.8 Å². The molecule has 0 unspecified atom stereocenters. The Kier molecular flexibility index (Phi) is 6.75. The number of nitrogens with one attached hydrogen (secondary N) is 1. The van der Waals surface area contributed by atoms with Crippen molar-refractivity contribution in [2.24, 2.45) is 0 Å². The molecule has 1 N–H and O–H groups in total. The molecule has 1 aliphatic heterocycles. The quantitative estimate of drug-likeness (QED) is 0.679. The maximum Gasteiger partial charge on any atom is 0.273 e. The highest BCUT2D eigenvalue weighted by atomic mass is 35.5. The van der Waals surface area contributed by atoms with E-state index in [1.54, 1.807) is 0 Å². The van der Waals surface area contributed by atoms with Gasteiger partial charge in [0.05, 0.1) is 37.0 Å². The molecule has 1 fully saturated rings. The van der Waals surface area contributed by atoms with Crippen molar-refractivity contribution in [1.29, 1.82) is 0 Å². The molecule has 3 rings (SSSR count). The van der Waals surface area contributed by atoms with E-state index in [0.29, 0.717) is 13.2 Å². The molecule has 0 aliphatic carbocycles. The SMILES string of the molecule is COCCNC(=O)c1cn(C[C@@H]2C[C@H](F)CN2C(=O)c2ccc(F)c(Cl)c2)nn1. The summed E-state index contributed by atoms with van der Waals surface area (Å²) in [5.74, 6) is -1.49. The van der Waals surface area contributed by atoms with Crippen LogP contribution in [0.4, 0.5) is 8.78 Å². The number of carbonyl (C=O) groups excluding carboxylic acids is 2. The maximum absolute atomic E-state index is 14.1. The molecule has 1 aliphatic rings. The highest BCUT2D eigenvalue weighted by Crippen LogP contribution is 2.25. The molecule has 29 heavy (non-hydrogen) atoms. The summed E-state index contributed by atoms with van der Waals surface area (Å²) >= 11 is 5.75. The molecule has 0 bridgehead atoms. The van der Waals surface area contributed by atoms with Crippen molar-refractivity contribution in [2.45, 2.75) is 25.2 Å². The van der Waals surface area contributed by atoms with Crippen LogP contribution in [0.25, 0.3) is 0 Å². The number of halogens is 3. The van der Waals surface area contributed by atoms with Crippen LogP contribution < -0.4 is 5.32 Å². The number of benzene rings is 1. The largest absolute Gasteiger partial charge is 0.383 e. The molecule has 2 aromatic rings. The zero-order valence-corrected chi connectivity index (χ0v) is 16.4. The van der Waals surface area contributed by atoms with E-state index in [2.05, 4.69) is 15.6 Å². The van der Waals surface area contributed by atoms with Gasteiger partial charge in [0.25, 0.3) is 11.8 Å². The smallest absolute Gasteiger partial charge is 0.273 e. The van der Waals surface area contributed by atoms with E-state index in [4.69, 9.17) is 16.3 Å². The van der Waals surface area contributed by atoms with Crippen LogP contribution >= 0.6 is 11.6 Å². The number of aromatic nitrogens is 3. The topological polar surface area (TPSA) is 89.4 Å². The second-order valence-electron chi connectivity index (χ2n) is 6.65. The van der Waals surface area contributed by atoms with Crippen LogP contribution in [0, 0.1) is 5.82 Å². The summed E-state index contributed by atoms with van der Waals surface area (Å²) in [6.07, 6.45) is 0.362. The van der Waals surface area contributed by atoms with Gasteiger partial charge in [-0.05, 0) is 18.2 Å². The van der Waals surface area contributed by atoms with E-state index >= 15 is 0 Å². The summed E-state index contributed by atoms with van der Waals surface area (Å²) in [7, 11) is 1.52. The van der Waals surface area contributed by atoms with Gasteiger partial charge in [0.15, 0.2) is 5.69 Å². The van der Waals surface area contributed by atoms with E-state index in [9.17, 15) is 18.4 Å². The van der Waals surface area contributed by atoms with E-state index < -0.39 is 29.8 Å². The number of likely N-dealkylation sites (tertiary alicyclic amines) is 1. The summed E-state index contributed by atoms with van der Waals surface area (Å²) in [6.45, 7) is 0.776. The zero-order valence-electron chi connectivity index (χ0n) is 15.6. The fourth-order valence-corrected chi connectivity index (χ4v) is 3.32. The van der Waals surface area contributed by atoms with Crippen molar-refractivity contribution in [3.63, 3.8) is 0 Å². The number of carbonyl (C=O) groups is 2. The van der Waals surface area contributed by atoms with Crippen LogP contribution in [-0.2, 0) is 11.3 Å². The first-order chi connectivity index (χ1) is 13.9. The number of nitrogens with zero attached hydrogens (tertiary/aromatic N) is 4. The average Bonchev–Trinajstić information content (AvgIpc) is 3.30. The van der Waals surface area contributed by atoms with Gasteiger partial charge in [0, 0.05) is 25.6 Å². The molecule has 1 aromatic carbocycles. The molecule has 2 heterocycles. The maximum atomic E-state index is 14.1. The van der Waals surface area contributed by atoms with Crippen LogP contribution in [0.5, 0.6) is 0 Å². The Hall–Kier alpha value is -2.59. The van der Waals surface area contributed by atoms with Gasteiger partial charge in [-0.2, -0.15) is 0 Å². The minimum atomic E-state index is -1.19. The molecule has 8 nitrogen and oxygen atoms in total. The summed E-state index contributed by atoms with van der Waals surface area (Å²) in [5, 5.41) is 10.1. The number of hydrogen-bond donors (Lipinski definition) is 1. The molecule has 156 valence electrons. The van der Waals surface area contributed by atoms with Crippen molar-refractivity contribution in [3.8, 4) is 0 Å². The van der Waals surface area contributed by atoms with Crippen molar-refractivity contribution < 1.29 is 23.1 Å². The Labute approximate surface area is 170 Å². The van der Waals surface area contributed by atoms with Gasteiger partial charge in [-0.3, -0.25) is 9.59 Å². The van der Waals surface area contributed by atoms with Crippen molar-refractivity contribution >= 4 is 23.4 Å². The summed E-state index contributed by atoms with van der Waals surface area (Å²) < 4.78 is 33.7. The molecular formula is C18H20ClF2N5O3. The van der Waals surface area contributed by atoms with Crippen molar-refractivity contribution in [3.05, 3.63) is 46.5 Å². The predicted octanol–water partition coefficient (Wildman–Crippen LogP) is 1.70. The number of alkyl halides is 1. The number of rotatable bonds is 7. The first kappa shape index (κ1) is 21.1. The Morgan fingerprint density at radius 2 is 2.21 bits per heavy atom. The third kappa shape index (κ3) is 5.07. The number of ether oxygens (including phenoxy) is 1. The normalized spacial score (nSPS) is 18.8. The summed E-state index contributed by atoms with van der Waals surface area (Å²) in [5.41, 5.74) is 0.284. The fraction of sp³-hybridized carbons (Fsp3) is 0.444.